The highest BCUT2D eigenvalue weighted by atomic mass is 35.5. The number of rotatable bonds is 33. The van der Waals surface area contributed by atoms with Gasteiger partial charge in [0, 0.05) is 31.8 Å². The summed E-state index contributed by atoms with van der Waals surface area (Å²) < 4.78 is 0. The minimum Gasteiger partial charge on any atom is -0.370 e. The molecule has 6 nitrogen and oxygen atoms in total. The molecule has 0 spiro atoms. The van der Waals surface area contributed by atoms with Crippen LogP contribution < -0.4 is 16.8 Å². The molecule has 0 fully saturated rings. The third kappa shape index (κ3) is 33.4. The molecule has 0 aliphatic heterocycles. The molecule has 0 unspecified atom stereocenters. The van der Waals surface area contributed by atoms with Crippen molar-refractivity contribution in [3.05, 3.63) is 0 Å². The number of carbonyl (C=O) groups is 2. The van der Waals surface area contributed by atoms with E-state index in [1.54, 1.807) is 0 Å². The predicted octanol–water partition coefficient (Wildman–Crippen LogP) is 9.95. The zero-order valence-electron chi connectivity index (χ0n) is 28.6. The molecular weight excluding hydrogens is 556 g/mol. The van der Waals surface area contributed by atoms with Crippen LogP contribution in [0.25, 0.3) is 0 Å². The summed E-state index contributed by atoms with van der Waals surface area (Å²) in [5.74, 6) is 0.140. The summed E-state index contributed by atoms with van der Waals surface area (Å²) in [6, 6.07) is 0. The van der Waals surface area contributed by atoms with E-state index in [2.05, 4.69) is 24.2 Å². The van der Waals surface area contributed by atoms with Gasteiger partial charge in [-0.05, 0) is 25.7 Å². The molecule has 0 aliphatic rings. The fourth-order valence-corrected chi connectivity index (χ4v) is 5.72. The predicted molar refractivity (Wildman–Crippen MR) is 190 cm³/mol. The van der Waals surface area contributed by atoms with E-state index in [0.717, 1.165) is 38.5 Å². The minimum atomic E-state index is -0.233. The van der Waals surface area contributed by atoms with Gasteiger partial charge in [-0.15, -0.1) is 12.4 Å². The van der Waals surface area contributed by atoms with Gasteiger partial charge in [-0.2, -0.15) is 0 Å². The summed E-state index contributed by atoms with van der Waals surface area (Å²) in [6.07, 6.45) is 33.6. The lowest BCUT2D eigenvalue weighted by Gasteiger charge is -2.16. The van der Waals surface area contributed by atoms with Gasteiger partial charge in [0.2, 0.25) is 5.91 Å². The minimum absolute atomic E-state index is 0. The van der Waals surface area contributed by atoms with Crippen LogP contribution >= 0.6 is 12.4 Å². The second-order valence-electron chi connectivity index (χ2n) is 12.7. The molecule has 0 aromatic carbocycles. The first kappa shape index (κ1) is 43.8. The Morgan fingerprint density at radius 1 is 0.581 bits per heavy atom. The van der Waals surface area contributed by atoms with Crippen molar-refractivity contribution in [3.8, 4) is 0 Å². The Balaban J connectivity index is 0. The number of unbranched alkanes of at least 4 members (excludes halogenated alkanes) is 22. The maximum atomic E-state index is 12.8. The second-order valence-corrected chi connectivity index (χ2v) is 12.7. The lowest BCUT2D eigenvalue weighted by atomic mass is 9.93. The molecule has 0 aliphatic carbocycles. The first-order chi connectivity index (χ1) is 20.5. The molecule has 43 heavy (non-hydrogen) atoms. The number of ketones is 1. The summed E-state index contributed by atoms with van der Waals surface area (Å²) in [6.45, 7) is 5.75. The van der Waals surface area contributed by atoms with Gasteiger partial charge in [0.15, 0.2) is 5.96 Å². The zero-order valence-corrected chi connectivity index (χ0v) is 29.4. The van der Waals surface area contributed by atoms with E-state index in [0.29, 0.717) is 32.4 Å². The summed E-state index contributed by atoms with van der Waals surface area (Å²) in [7, 11) is 0. The van der Waals surface area contributed by atoms with E-state index in [-0.39, 0.29) is 36.0 Å². The molecule has 1 atom stereocenters. The van der Waals surface area contributed by atoms with Crippen molar-refractivity contribution in [1.29, 1.82) is 0 Å². The molecule has 0 bridgehead atoms. The Morgan fingerprint density at radius 3 is 1.44 bits per heavy atom. The fraction of sp³-hybridized carbons (Fsp3) is 0.917. The first-order valence-corrected chi connectivity index (χ1v) is 18.4. The van der Waals surface area contributed by atoms with Crippen molar-refractivity contribution in [2.75, 3.05) is 13.1 Å². The highest BCUT2D eigenvalue weighted by Crippen LogP contribution is 2.18. The van der Waals surface area contributed by atoms with Crippen LogP contribution in [0, 0.1) is 5.92 Å². The largest absolute Gasteiger partial charge is 0.370 e. The molecule has 0 aromatic heterocycles. The Hall–Kier alpha value is -1.30. The number of nitrogens with one attached hydrogen (secondary N) is 1. The summed E-state index contributed by atoms with van der Waals surface area (Å²) in [5.41, 5.74) is 10.8. The molecule has 0 saturated carbocycles. The van der Waals surface area contributed by atoms with E-state index in [4.69, 9.17) is 11.5 Å². The van der Waals surface area contributed by atoms with Crippen LogP contribution in [0.1, 0.15) is 194 Å². The van der Waals surface area contributed by atoms with Gasteiger partial charge in [0.1, 0.15) is 5.78 Å². The van der Waals surface area contributed by atoms with Gasteiger partial charge < -0.3 is 16.8 Å². The van der Waals surface area contributed by atoms with Crippen molar-refractivity contribution < 1.29 is 9.59 Å². The van der Waals surface area contributed by atoms with E-state index in [9.17, 15) is 9.59 Å². The highest BCUT2D eigenvalue weighted by molar-refractivity contribution is 5.86. The number of carbonyl (C=O) groups excluding carboxylic acids is 2. The van der Waals surface area contributed by atoms with Gasteiger partial charge >= 0.3 is 0 Å². The second kappa shape index (κ2) is 35.2. The number of hydrogen-bond donors (Lipinski definition) is 3. The van der Waals surface area contributed by atoms with E-state index in [1.807, 2.05) is 0 Å². The number of guanidine groups is 1. The number of nitrogens with two attached hydrogens (primary N) is 2. The molecular formula is C36H73ClN4O2. The van der Waals surface area contributed by atoms with Gasteiger partial charge in [0.25, 0.3) is 0 Å². The third-order valence-electron chi connectivity index (χ3n) is 8.49. The molecule has 0 radical (unpaired) electrons. The average molecular weight is 629 g/mol. The monoisotopic (exact) mass is 629 g/mol. The number of hydrogen-bond acceptors (Lipinski definition) is 3. The SMILES string of the molecule is CCCCCCCCCCCCCCCCCCCCCC(=O)C[C@@H](CCCCN=C(N)N)C(=O)NCCCCCC.Cl. The van der Waals surface area contributed by atoms with Crippen molar-refractivity contribution in [1.82, 2.24) is 5.32 Å². The number of Topliss-reactive ketones (excluding diaryl/α,β-unsaturated/α-hetero) is 1. The van der Waals surface area contributed by atoms with E-state index < -0.39 is 0 Å². The van der Waals surface area contributed by atoms with E-state index in [1.165, 1.54) is 122 Å². The lowest BCUT2D eigenvalue weighted by Crippen LogP contribution is -2.33. The maximum Gasteiger partial charge on any atom is 0.223 e. The van der Waals surface area contributed by atoms with Crippen molar-refractivity contribution >= 4 is 30.1 Å². The summed E-state index contributed by atoms with van der Waals surface area (Å²) >= 11 is 0. The zero-order chi connectivity index (χ0) is 30.9. The molecule has 256 valence electrons. The Morgan fingerprint density at radius 2 is 1.00 bits per heavy atom. The van der Waals surface area contributed by atoms with Crippen LogP contribution in [0.2, 0.25) is 0 Å². The Bertz CT molecular complexity index is 641. The number of aliphatic imine (C=N–C) groups is 1. The average Bonchev–Trinajstić information content (AvgIpc) is 2.97. The molecule has 0 aromatic rings. The molecule has 0 heterocycles. The third-order valence-corrected chi connectivity index (χ3v) is 8.49. The molecule has 7 heteroatoms. The number of nitrogens with zero attached hydrogens (tertiary/aromatic N) is 1. The molecule has 0 saturated heterocycles. The molecule has 5 N–H and O–H groups in total. The first-order valence-electron chi connectivity index (χ1n) is 18.4. The lowest BCUT2D eigenvalue weighted by molar-refractivity contribution is -0.129. The van der Waals surface area contributed by atoms with Crippen LogP contribution in [-0.2, 0) is 9.59 Å². The van der Waals surface area contributed by atoms with Gasteiger partial charge in [-0.1, -0.05) is 155 Å². The van der Waals surface area contributed by atoms with Crippen molar-refractivity contribution in [2.45, 2.75) is 194 Å². The van der Waals surface area contributed by atoms with Gasteiger partial charge in [0.05, 0.1) is 0 Å². The quantitative estimate of drug-likeness (QED) is 0.0381. The standard InChI is InChI=1S/C36H72N4O2.ClH/c1-3-5-7-9-10-11-12-13-14-15-16-17-18-19-20-21-22-23-24-29-34(41)32-33(28-25-27-31-40-36(37)38)35(42)39-30-26-8-6-4-2;/h33H,3-32H2,1-2H3,(H,39,42)(H4,37,38,40);1H/t33-;/m1./s1. The van der Waals surface area contributed by atoms with Crippen LogP contribution in [-0.4, -0.2) is 30.7 Å². The number of halogens is 1. The Kier molecular flexibility index (Phi) is 35.9. The summed E-state index contributed by atoms with van der Waals surface area (Å²) in [5, 5.41) is 3.08. The van der Waals surface area contributed by atoms with Crippen LogP contribution in [0.5, 0.6) is 0 Å². The molecule has 1 amide bonds. The van der Waals surface area contributed by atoms with Crippen LogP contribution in [0.15, 0.2) is 4.99 Å². The number of amides is 1. The summed E-state index contributed by atoms with van der Waals surface area (Å²) in [4.78, 5) is 29.5. The van der Waals surface area contributed by atoms with Crippen molar-refractivity contribution in [2.24, 2.45) is 22.4 Å². The van der Waals surface area contributed by atoms with E-state index >= 15 is 0 Å². The van der Waals surface area contributed by atoms with Crippen LogP contribution in [0.3, 0.4) is 0 Å². The highest BCUT2D eigenvalue weighted by Gasteiger charge is 2.21. The maximum absolute atomic E-state index is 12.8. The van der Waals surface area contributed by atoms with Crippen molar-refractivity contribution in [3.63, 3.8) is 0 Å². The topological polar surface area (TPSA) is 111 Å². The fourth-order valence-electron chi connectivity index (χ4n) is 5.72. The Labute approximate surface area is 273 Å². The van der Waals surface area contributed by atoms with Gasteiger partial charge in [-0.25, -0.2) is 0 Å². The normalized spacial score (nSPS) is 11.6. The molecule has 0 rings (SSSR count). The van der Waals surface area contributed by atoms with Gasteiger partial charge in [-0.3, -0.25) is 14.6 Å². The smallest absolute Gasteiger partial charge is 0.223 e. The van der Waals surface area contributed by atoms with Crippen LogP contribution in [0.4, 0.5) is 0 Å².